The molecule has 0 saturated carbocycles. The molecule has 0 aliphatic heterocycles. The Hall–Kier alpha value is -0.930. The van der Waals surface area contributed by atoms with E-state index in [-0.39, 0.29) is 0 Å². The second kappa shape index (κ2) is 5.67. The third-order valence-corrected chi connectivity index (χ3v) is 1.92. The SMILES string of the molecule is CCc1ccc(CNCCN)nc1. The van der Waals surface area contributed by atoms with Gasteiger partial charge in [0.25, 0.3) is 0 Å². The quantitative estimate of drug-likeness (QED) is 0.654. The van der Waals surface area contributed by atoms with Gasteiger partial charge in [-0.15, -0.1) is 0 Å². The predicted molar refractivity (Wildman–Crippen MR) is 54.4 cm³/mol. The topological polar surface area (TPSA) is 50.9 Å². The van der Waals surface area contributed by atoms with Crippen molar-refractivity contribution in [1.29, 1.82) is 0 Å². The lowest BCUT2D eigenvalue weighted by molar-refractivity contribution is 0.681. The molecule has 3 N–H and O–H groups in total. The molecule has 1 aromatic heterocycles. The Morgan fingerprint density at radius 2 is 2.31 bits per heavy atom. The van der Waals surface area contributed by atoms with Crippen LogP contribution in [0.25, 0.3) is 0 Å². The zero-order valence-electron chi connectivity index (χ0n) is 8.09. The lowest BCUT2D eigenvalue weighted by Crippen LogP contribution is -2.22. The number of aryl methyl sites for hydroxylation is 1. The molecule has 3 nitrogen and oxygen atoms in total. The summed E-state index contributed by atoms with van der Waals surface area (Å²) in [6.07, 6.45) is 2.98. The van der Waals surface area contributed by atoms with E-state index in [4.69, 9.17) is 5.73 Å². The first-order valence-electron chi connectivity index (χ1n) is 4.71. The monoisotopic (exact) mass is 179 g/mol. The minimum atomic E-state index is 0.674. The van der Waals surface area contributed by atoms with Gasteiger partial charge in [-0.2, -0.15) is 0 Å². The van der Waals surface area contributed by atoms with E-state index in [1.165, 1.54) is 5.56 Å². The van der Waals surface area contributed by atoms with Crippen molar-refractivity contribution in [2.45, 2.75) is 19.9 Å². The average Bonchev–Trinajstić information content (AvgIpc) is 2.19. The van der Waals surface area contributed by atoms with Crippen LogP contribution in [0.3, 0.4) is 0 Å². The summed E-state index contributed by atoms with van der Waals surface area (Å²) in [6.45, 7) is 4.45. The van der Waals surface area contributed by atoms with Gasteiger partial charge in [-0.25, -0.2) is 0 Å². The predicted octanol–water partition coefficient (Wildman–Crippen LogP) is 0.692. The molecule has 1 heterocycles. The molecule has 0 aliphatic carbocycles. The number of rotatable bonds is 5. The van der Waals surface area contributed by atoms with Crippen LogP contribution >= 0.6 is 0 Å². The van der Waals surface area contributed by atoms with E-state index in [2.05, 4.69) is 29.4 Å². The first-order valence-corrected chi connectivity index (χ1v) is 4.71. The summed E-state index contributed by atoms with van der Waals surface area (Å²) in [5.74, 6) is 0. The molecule has 0 fully saturated rings. The minimum absolute atomic E-state index is 0.674. The molecule has 0 saturated heterocycles. The Morgan fingerprint density at radius 1 is 1.46 bits per heavy atom. The highest BCUT2D eigenvalue weighted by atomic mass is 14.9. The molecular weight excluding hydrogens is 162 g/mol. The summed E-state index contributed by atoms with van der Waals surface area (Å²) in [5.41, 5.74) is 7.71. The van der Waals surface area contributed by atoms with Crippen molar-refractivity contribution < 1.29 is 0 Å². The maximum Gasteiger partial charge on any atom is 0.0541 e. The van der Waals surface area contributed by atoms with Gasteiger partial charge >= 0.3 is 0 Å². The van der Waals surface area contributed by atoms with Gasteiger partial charge in [-0.3, -0.25) is 4.98 Å². The van der Waals surface area contributed by atoms with Gasteiger partial charge in [0.05, 0.1) is 5.69 Å². The number of nitrogens with two attached hydrogens (primary N) is 1. The number of nitrogens with zero attached hydrogens (tertiary/aromatic N) is 1. The van der Waals surface area contributed by atoms with Crippen LogP contribution in [0.1, 0.15) is 18.2 Å². The fourth-order valence-electron chi connectivity index (χ4n) is 1.09. The summed E-state index contributed by atoms with van der Waals surface area (Å²) in [6, 6.07) is 4.18. The number of pyridine rings is 1. The van der Waals surface area contributed by atoms with Crippen LogP contribution in [0, 0.1) is 0 Å². The summed E-state index contributed by atoms with van der Waals surface area (Å²) in [5, 5.41) is 3.20. The molecule has 1 aromatic rings. The van der Waals surface area contributed by atoms with Crippen LogP contribution in [-0.4, -0.2) is 18.1 Å². The Balaban J connectivity index is 2.40. The lowest BCUT2D eigenvalue weighted by atomic mass is 10.2. The largest absolute Gasteiger partial charge is 0.329 e. The number of aromatic nitrogens is 1. The highest BCUT2D eigenvalue weighted by Crippen LogP contribution is 2.00. The van der Waals surface area contributed by atoms with Gasteiger partial charge in [-0.05, 0) is 18.1 Å². The van der Waals surface area contributed by atoms with E-state index in [0.717, 1.165) is 25.2 Å². The van der Waals surface area contributed by atoms with E-state index >= 15 is 0 Å². The van der Waals surface area contributed by atoms with Crippen molar-refractivity contribution in [2.24, 2.45) is 5.73 Å². The average molecular weight is 179 g/mol. The van der Waals surface area contributed by atoms with Gasteiger partial charge in [0.2, 0.25) is 0 Å². The van der Waals surface area contributed by atoms with E-state index in [1.807, 2.05) is 6.20 Å². The molecule has 0 radical (unpaired) electrons. The summed E-state index contributed by atoms with van der Waals surface area (Å²) >= 11 is 0. The third kappa shape index (κ3) is 3.53. The molecule has 0 aliphatic rings. The first-order chi connectivity index (χ1) is 6.36. The summed E-state index contributed by atoms with van der Waals surface area (Å²) < 4.78 is 0. The standard InChI is InChI=1S/C10H17N3/c1-2-9-3-4-10(13-7-9)8-12-6-5-11/h3-4,7,12H,2,5-6,8,11H2,1H3. The Kier molecular flexibility index (Phi) is 4.43. The fraction of sp³-hybridized carbons (Fsp3) is 0.500. The molecule has 0 spiro atoms. The van der Waals surface area contributed by atoms with Gasteiger partial charge < -0.3 is 11.1 Å². The fourth-order valence-corrected chi connectivity index (χ4v) is 1.09. The Labute approximate surface area is 79.4 Å². The number of hydrogen-bond donors (Lipinski definition) is 2. The molecule has 1 rings (SSSR count). The van der Waals surface area contributed by atoms with E-state index in [0.29, 0.717) is 6.54 Å². The van der Waals surface area contributed by atoms with Crippen LogP contribution in [0.2, 0.25) is 0 Å². The molecule has 0 atom stereocenters. The molecule has 0 amide bonds. The van der Waals surface area contributed by atoms with E-state index < -0.39 is 0 Å². The van der Waals surface area contributed by atoms with Crippen LogP contribution in [-0.2, 0) is 13.0 Å². The summed E-state index contributed by atoms with van der Waals surface area (Å²) in [4.78, 5) is 4.32. The van der Waals surface area contributed by atoms with Crippen molar-refractivity contribution in [2.75, 3.05) is 13.1 Å². The molecule has 0 aromatic carbocycles. The van der Waals surface area contributed by atoms with E-state index in [1.54, 1.807) is 0 Å². The third-order valence-electron chi connectivity index (χ3n) is 1.92. The first kappa shape index (κ1) is 10.2. The smallest absolute Gasteiger partial charge is 0.0541 e. The van der Waals surface area contributed by atoms with Crippen molar-refractivity contribution in [1.82, 2.24) is 10.3 Å². The van der Waals surface area contributed by atoms with Crippen molar-refractivity contribution in [3.05, 3.63) is 29.6 Å². The molecule has 3 heteroatoms. The van der Waals surface area contributed by atoms with Gasteiger partial charge in [0.1, 0.15) is 0 Å². The normalized spacial score (nSPS) is 10.3. The van der Waals surface area contributed by atoms with Gasteiger partial charge in [0, 0.05) is 25.8 Å². The molecule has 0 unspecified atom stereocenters. The Bertz CT molecular complexity index is 230. The van der Waals surface area contributed by atoms with Crippen LogP contribution in [0.15, 0.2) is 18.3 Å². The second-order valence-electron chi connectivity index (χ2n) is 2.98. The minimum Gasteiger partial charge on any atom is -0.329 e. The molecule has 0 bridgehead atoms. The number of nitrogens with one attached hydrogen (secondary N) is 1. The van der Waals surface area contributed by atoms with Crippen LogP contribution in [0.5, 0.6) is 0 Å². The zero-order valence-corrected chi connectivity index (χ0v) is 8.09. The molecule has 13 heavy (non-hydrogen) atoms. The van der Waals surface area contributed by atoms with Gasteiger partial charge in [0.15, 0.2) is 0 Å². The second-order valence-corrected chi connectivity index (χ2v) is 2.98. The van der Waals surface area contributed by atoms with Crippen LogP contribution in [0.4, 0.5) is 0 Å². The van der Waals surface area contributed by atoms with Crippen molar-refractivity contribution in [3.63, 3.8) is 0 Å². The highest BCUT2D eigenvalue weighted by molar-refractivity contribution is 5.13. The van der Waals surface area contributed by atoms with E-state index in [9.17, 15) is 0 Å². The summed E-state index contributed by atoms with van der Waals surface area (Å²) in [7, 11) is 0. The van der Waals surface area contributed by atoms with Crippen molar-refractivity contribution >= 4 is 0 Å². The van der Waals surface area contributed by atoms with Gasteiger partial charge in [-0.1, -0.05) is 13.0 Å². The Morgan fingerprint density at radius 3 is 2.85 bits per heavy atom. The van der Waals surface area contributed by atoms with Crippen molar-refractivity contribution in [3.8, 4) is 0 Å². The highest BCUT2D eigenvalue weighted by Gasteiger charge is 1.93. The molecular formula is C10H17N3. The zero-order chi connectivity index (χ0) is 9.52. The lowest BCUT2D eigenvalue weighted by Gasteiger charge is -2.02. The maximum atomic E-state index is 5.36. The molecule has 72 valence electrons. The maximum absolute atomic E-state index is 5.36. The van der Waals surface area contributed by atoms with Crippen LogP contribution < -0.4 is 11.1 Å². The number of hydrogen-bond acceptors (Lipinski definition) is 3.